The number of nitrogens with one attached hydrogen (secondary N) is 1. The molecule has 1 nitrogen and oxygen atoms in total. The highest BCUT2D eigenvalue weighted by atomic mass is 79.9. The van der Waals surface area contributed by atoms with Gasteiger partial charge in [0.15, 0.2) is 0 Å². The monoisotopic (exact) mass is 287 g/mol. The molecule has 0 amide bonds. The summed E-state index contributed by atoms with van der Waals surface area (Å²) < 4.78 is 1.14. The minimum absolute atomic E-state index is 0.586. The second kappa shape index (κ2) is 6.56. The maximum absolute atomic E-state index is 3.44. The normalized spacial score (nSPS) is 14.9. The first-order valence-electron chi connectivity index (χ1n) is 5.21. The van der Waals surface area contributed by atoms with E-state index < -0.39 is 0 Å². The van der Waals surface area contributed by atoms with Gasteiger partial charge in [-0.1, -0.05) is 22.9 Å². The van der Waals surface area contributed by atoms with Crippen molar-refractivity contribution in [3.8, 4) is 0 Å². The van der Waals surface area contributed by atoms with Crippen molar-refractivity contribution in [2.75, 3.05) is 7.05 Å². The van der Waals surface area contributed by atoms with Crippen molar-refractivity contribution < 1.29 is 0 Å². The highest BCUT2D eigenvalue weighted by Gasteiger charge is 2.08. The van der Waals surface area contributed by atoms with Crippen LogP contribution in [0.5, 0.6) is 0 Å². The van der Waals surface area contributed by atoms with Crippen LogP contribution >= 0.6 is 27.7 Å². The highest BCUT2D eigenvalue weighted by Crippen LogP contribution is 2.26. The van der Waals surface area contributed by atoms with Gasteiger partial charge in [-0.3, -0.25) is 0 Å². The van der Waals surface area contributed by atoms with Crippen molar-refractivity contribution in [1.82, 2.24) is 5.32 Å². The Morgan fingerprint density at radius 2 is 1.87 bits per heavy atom. The first-order chi connectivity index (χ1) is 7.11. The van der Waals surface area contributed by atoms with Gasteiger partial charge in [0.1, 0.15) is 0 Å². The van der Waals surface area contributed by atoms with E-state index >= 15 is 0 Å². The van der Waals surface area contributed by atoms with Gasteiger partial charge in [0.25, 0.3) is 0 Å². The molecule has 1 rings (SSSR count). The van der Waals surface area contributed by atoms with E-state index in [0.717, 1.165) is 4.47 Å². The molecular formula is C12H18BrNS. The van der Waals surface area contributed by atoms with Crippen molar-refractivity contribution in [2.45, 2.75) is 36.5 Å². The molecule has 0 aliphatic carbocycles. The van der Waals surface area contributed by atoms with E-state index in [-0.39, 0.29) is 0 Å². The summed E-state index contributed by atoms with van der Waals surface area (Å²) in [5, 5.41) is 3.92. The summed E-state index contributed by atoms with van der Waals surface area (Å²) in [6, 6.07) is 9.10. The smallest absolute Gasteiger partial charge is 0.0176 e. The summed E-state index contributed by atoms with van der Waals surface area (Å²) in [7, 11) is 2.02. The average molecular weight is 288 g/mol. The summed E-state index contributed by atoms with van der Waals surface area (Å²) >= 11 is 5.38. The minimum Gasteiger partial charge on any atom is -0.317 e. The Kier molecular flexibility index (Phi) is 5.72. The lowest BCUT2D eigenvalue weighted by Crippen LogP contribution is -2.24. The lowest BCUT2D eigenvalue weighted by atomic mass is 10.2. The van der Waals surface area contributed by atoms with Gasteiger partial charge in [-0.15, -0.1) is 11.8 Å². The molecule has 0 bridgehead atoms. The van der Waals surface area contributed by atoms with E-state index in [1.807, 2.05) is 18.8 Å². The van der Waals surface area contributed by atoms with E-state index in [4.69, 9.17) is 0 Å². The summed E-state index contributed by atoms with van der Waals surface area (Å²) in [5.74, 6) is 0. The molecule has 0 saturated heterocycles. The zero-order valence-corrected chi connectivity index (χ0v) is 11.9. The Hall–Kier alpha value is 0.01000. The highest BCUT2D eigenvalue weighted by molar-refractivity contribution is 9.10. The minimum atomic E-state index is 0.586. The Bertz CT molecular complexity index is 286. The van der Waals surface area contributed by atoms with Crippen LogP contribution in [0.3, 0.4) is 0 Å². The quantitative estimate of drug-likeness (QED) is 0.824. The standard InChI is InChI=1S/C12H18BrNS/c1-9(14-3)8-10(2)15-12-6-4-11(13)5-7-12/h4-7,9-10,14H,8H2,1-3H3. The summed E-state index contributed by atoms with van der Waals surface area (Å²) in [6.07, 6.45) is 1.19. The van der Waals surface area contributed by atoms with Gasteiger partial charge in [-0.25, -0.2) is 0 Å². The van der Waals surface area contributed by atoms with Gasteiger partial charge in [0.05, 0.1) is 0 Å². The largest absolute Gasteiger partial charge is 0.317 e. The van der Waals surface area contributed by atoms with Gasteiger partial charge < -0.3 is 5.32 Å². The number of hydrogen-bond acceptors (Lipinski definition) is 2. The molecule has 15 heavy (non-hydrogen) atoms. The SMILES string of the molecule is CNC(C)CC(C)Sc1ccc(Br)cc1. The Morgan fingerprint density at radius 1 is 1.27 bits per heavy atom. The maximum Gasteiger partial charge on any atom is 0.0176 e. The molecule has 1 N–H and O–H groups in total. The predicted molar refractivity (Wildman–Crippen MR) is 72.6 cm³/mol. The van der Waals surface area contributed by atoms with Gasteiger partial charge in [0, 0.05) is 20.7 Å². The first kappa shape index (κ1) is 13.1. The third kappa shape index (κ3) is 5.05. The van der Waals surface area contributed by atoms with Crippen LogP contribution in [-0.4, -0.2) is 18.3 Å². The number of halogens is 1. The summed E-state index contributed by atoms with van der Waals surface area (Å²) in [6.45, 7) is 4.50. The van der Waals surface area contributed by atoms with Crippen LogP contribution in [0.25, 0.3) is 0 Å². The van der Waals surface area contributed by atoms with Crippen LogP contribution in [-0.2, 0) is 0 Å². The van der Waals surface area contributed by atoms with E-state index in [9.17, 15) is 0 Å². The molecule has 0 aliphatic heterocycles. The van der Waals surface area contributed by atoms with E-state index in [0.29, 0.717) is 11.3 Å². The van der Waals surface area contributed by atoms with Crippen LogP contribution in [0.1, 0.15) is 20.3 Å². The average Bonchev–Trinajstić information content (AvgIpc) is 2.21. The van der Waals surface area contributed by atoms with Crippen molar-refractivity contribution in [2.24, 2.45) is 0 Å². The molecule has 3 heteroatoms. The third-order valence-corrected chi connectivity index (χ3v) is 4.00. The molecule has 0 aliphatic rings. The topological polar surface area (TPSA) is 12.0 Å². The van der Waals surface area contributed by atoms with E-state index in [2.05, 4.69) is 59.4 Å². The number of rotatable bonds is 5. The van der Waals surface area contributed by atoms with Crippen molar-refractivity contribution in [3.05, 3.63) is 28.7 Å². The van der Waals surface area contributed by atoms with Crippen LogP contribution in [0.4, 0.5) is 0 Å². The molecule has 0 aromatic heterocycles. The fourth-order valence-electron chi connectivity index (χ4n) is 1.41. The molecule has 2 unspecified atom stereocenters. The second-order valence-corrected chi connectivity index (χ2v) is 6.24. The summed E-state index contributed by atoms with van der Waals surface area (Å²) in [5.41, 5.74) is 0. The number of hydrogen-bond donors (Lipinski definition) is 1. The lowest BCUT2D eigenvalue weighted by Gasteiger charge is -2.16. The van der Waals surface area contributed by atoms with Crippen LogP contribution < -0.4 is 5.32 Å². The Morgan fingerprint density at radius 3 is 2.40 bits per heavy atom. The molecule has 0 spiro atoms. The Balaban J connectivity index is 2.44. The second-order valence-electron chi connectivity index (χ2n) is 3.81. The van der Waals surface area contributed by atoms with Crippen molar-refractivity contribution in [3.63, 3.8) is 0 Å². The van der Waals surface area contributed by atoms with Crippen LogP contribution in [0, 0.1) is 0 Å². The fourth-order valence-corrected chi connectivity index (χ4v) is 2.82. The molecule has 1 aromatic rings. The fraction of sp³-hybridized carbons (Fsp3) is 0.500. The molecule has 0 heterocycles. The molecule has 1 aromatic carbocycles. The molecule has 0 saturated carbocycles. The summed E-state index contributed by atoms with van der Waals surface area (Å²) in [4.78, 5) is 1.34. The molecule has 0 radical (unpaired) electrons. The van der Waals surface area contributed by atoms with Gasteiger partial charge >= 0.3 is 0 Å². The van der Waals surface area contributed by atoms with Crippen molar-refractivity contribution in [1.29, 1.82) is 0 Å². The van der Waals surface area contributed by atoms with Gasteiger partial charge in [0.2, 0.25) is 0 Å². The van der Waals surface area contributed by atoms with Gasteiger partial charge in [-0.05, 0) is 44.7 Å². The Labute approximate surface area is 105 Å². The van der Waals surface area contributed by atoms with E-state index in [1.165, 1.54) is 11.3 Å². The van der Waals surface area contributed by atoms with E-state index in [1.54, 1.807) is 0 Å². The predicted octanol–water partition coefficient (Wildman–Crippen LogP) is 3.93. The number of thioether (sulfide) groups is 1. The number of benzene rings is 1. The molecule has 0 fully saturated rings. The first-order valence-corrected chi connectivity index (χ1v) is 6.88. The van der Waals surface area contributed by atoms with Crippen LogP contribution in [0.15, 0.2) is 33.6 Å². The van der Waals surface area contributed by atoms with Crippen molar-refractivity contribution >= 4 is 27.7 Å². The molecule has 2 atom stereocenters. The van der Waals surface area contributed by atoms with Gasteiger partial charge in [-0.2, -0.15) is 0 Å². The third-order valence-electron chi connectivity index (χ3n) is 2.33. The zero-order valence-electron chi connectivity index (χ0n) is 9.46. The zero-order chi connectivity index (χ0) is 11.3. The molecular weight excluding hydrogens is 270 g/mol. The molecule has 84 valence electrons. The lowest BCUT2D eigenvalue weighted by molar-refractivity contribution is 0.564. The maximum atomic E-state index is 3.44. The van der Waals surface area contributed by atoms with Crippen LogP contribution in [0.2, 0.25) is 0 Å².